The average molecular weight is 572 g/mol. The van der Waals surface area contributed by atoms with Crippen molar-refractivity contribution in [3.8, 4) is 5.75 Å². The van der Waals surface area contributed by atoms with E-state index < -0.39 is 6.04 Å². The van der Waals surface area contributed by atoms with E-state index in [1.54, 1.807) is 17.0 Å². The fourth-order valence-corrected chi connectivity index (χ4v) is 4.15. The van der Waals surface area contributed by atoms with Crippen molar-refractivity contribution in [3.05, 3.63) is 99.0 Å². The third kappa shape index (κ3) is 8.38. The molecule has 0 aromatic heterocycles. The highest BCUT2D eigenvalue weighted by molar-refractivity contribution is 9.10. The quantitative estimate of drug-likeness (QED) is 0.258. The Balaban J connectivity index is 1.88. The van der Waals surface area contributed by atoms with Crippen molar-refractivity contribution in [1.82, 2.24) is 10.2 Å². The van der Waals surface area contributed by atoms with Gasteiger partial charge < -0.3 is 15.0 Å². The zero-order chi connectivity index (χ0) is 25.9. The summed E-state index contributed by atoms with van der Waals surface area (Å²) in [6.45, 7) is 4.69. The van der Waals surface area contributed by atoms with Gasteiger partial charge in [0.25, 0.3) is 5.91 Å². The van der Waals surface area contributed by atoms with Crippen LogP contribution in [-0.2, 0) is 22.6 Å². The third-order valence-electron chi connectivity index (χ3n) is 5.86. The minimum atomic E-state index is -0.692. The van der Waals surface area contributed by atoms with E-state index in [2.05, 4.69) is 28.2 Å². The summed E-state index contributed by atoms with van der Waals surface area (Å²) in [6, 6.07) is 21.9. The molecule has 1 N–H and O–H groups in total. The lowest BCUT2D eigenvalue weighted by molar-refractivity contribution is -0.142. The number of hydrogen-bond donors (Lipinski definition) is 1. The standard InChI is InChI=1S/C29H32BrClN2O3/c1-3-4-16-32-29(35)27(18-22-8-6-5-7-9-22)33(19-23-10-12-24(31)13-11-23)28(34)20-36-25-14-15-26(30)21(2)17-25/h5-15,17,27H,3-4,16,18-20H2,1-2H3,(H,32,35). The molecule has 3 rings (SSSR count). The highest BCUT2D eigenvalue weighted by Gasteiger charge is 2.30. The van der Waals surface area contributed by atoms with Crippen LogP contribution in [0.5, 0.6) is 5.75 Å². The summed E-state index contributed by atoms with van der Waals surface area (Å²) in [5.41, 5.74) is 2.87. The largest absolute Gasteiger partial charge is 0.484 e. The Labute approximate surface area is 226 Å². The summed E-state index contributed by atoms with van der Waals surface area (Å²) < 4.78 is 6.82. The van der Waals surface area contributed by atoms with Crippen molar-refractivity contribution in [2.45, 2.75) is 45.7 Å². The molecule has 190 valence electrons. The molecule has 0 saturated heterocycles. The predicted octanol–water partition coefficient (Wildman–Crippen LogP) is 6.35. The van der Waals surface area contributed by atoms with Crippen LogP contribution in [0.15, 0.2) is 77.3 Å². The normalized spacial score (nSPS) is 11.6. The summed E-state index contributed by atoms with van der Waals surface area (Å²) in [4.78, 5) is 28.6. The minimum Gasteiger partial charge on any atom is -0.484 e. The number of ether oxygens (including phenoxy) is 1. The van der Waals surface area contributed by atoms with Gasteiger partial charge in [0.1, 0.15) is 11.8 Å². The number of aryl methyl sites for hydroxylation is 1. The number of hydrogen-bond acceptors (Lipinski definition) is 3. The number of unbranched alkanes of at least 4 members (excludes halogenated alkanes) is 1. The van der Waals surface area contributed by atoms with Gasteiger partial charge in [0, 0.05) is 29.0 Å². The van der Waals surface area contributed by atoms with E-state index in [4.69, 9.17) is 16.3 Å². The van der Waals surface area contributed by atoms with Crippen molar-refractivity contribution in [2.24, 2.45) is 0 Å². The molecule has 2 amide bonds. The first kappa shape index (κ1) is 27.8. The third-order valence-corrected chi connectivity index (χ3v) is 7.00. The van der Waals surface area contributed by atoms with Crippen LogP contribution in [-0.4, -0.2) is 35.9 Å². The van der Waals surface area contributed by atoms with Crippen LogP contribution in [0.2, 0.25) is 5.02 Å². The lowest BCUT2D eigenvalue weighted by atomic mass is 10.0. The fourth-order valence-electron chi connectivity index (χ4n) is 3.78. The molecule has 0 aliphatic carbocycles. The molecule has 3 aromatic rings. The highest BCUT2D eigenvalue weighted by atomic mass is 79.9. The van der Waals surface area contributed by atoms with Crippen molar-refractivity contribution in [3.63, 3.8) is 0 Å². The lowest BCUT2D eigenvalue weighted by Crippen LogP contribution is -2.51. The average Bonchev–Trinajstić information content (AvgIpc) is 2.88. The van der Waals surface area contributed by atoms with E-state index in [1.807, 2.05) is 67.6 Å². The summed E-state index contributed by atoms with van der Waals surface area (Å²) in [6.07, 6.45) is 2.24. The summed E-state index contributed by atoms with van der Waals surface area (Å²) in [5, 5.41) is 3.64. The fraction of sp³-hybridized carbons (Fsp3) is 0.310. The van der Waals surface area contributed by atoms with Crippen LogP contribution in [0.25, 0.3) is 0 Å². The molecule has 7 heteroatoms. The number of carbonyl (C=O) groups is 2. The Bertz CT molecular complexity index is 1140. The van der Waals surface area contributed by atoms with Crippen molar-refractivity contribution in [2.75, 3.05) is 13.2 Å². The first-order valence-electron chi connectivity index (χ1n) is 12.1. The summed E-state index contributed by atoms with van der Waals surface area (Å²) in [5.74, 6) is 0.161. The zero-order valence-corrected chi connectivity index (χ0v) is 23.0. The number of halogens is 2. The first-order chi connectivity index (χ1) is 17.4. The molecule has 0 fully saturated rings. The Morgan fingerprint density at radius 1 is 1.03 bits per heavy atom. The number of carbonyl (C=O) groups excluding carboxylic acids is 2. The predicted molar refractivity (Wildman–Crippen MR) is 148 cm³/mol. The summed E-state index contributed by atoms with van der Waals surface area (Å²) in [7, 11) is 0. The van der Waals surface area contributed by atoms with Crippen molar-refractivity contribution >= 4 is 39.3 Å². The van der Waals surface area contributed by atoms with Crippen LogP contribution < -0.4 is 10.1 Å². The molecule has 0 radical (unpaired) electrons. The van der Waals surface area contributed by atoms with Gasteiger partial charge in [-0.3, -0.25) is 9.59 Å². The second-order valence-corrected chi connectivity index (χ2v) is 9.99. The van der Waals surface area contributed by atoms with Gasteiger partial charge in [-0.2, -0.15) is 0 Å². The van der Waals surface area contributed by atoms with E-state index in [-0.39, 0.29) is 25.0 Å². The van der Waals surface area contributed by atoms with E-state index in [9.17, 15) is 9.59 Å². The Morgan fingerprint density at radius 2 is 1.75 bits per heavy atom. The molecule has 1 atom stereocenters. The molecular weight excluding hydrogens is 540 g/mol. The van der Waals surface area contributed by atoms with Gasteiger partial charge in [0.15, 0.2) is 6.61 Å². The molecule has 0 saturated carbocycles. The molecule has 0 heterocycles. The molecule has 0 bridgehead atoms. The van der Waals surface area contributed by atoms with Crippen LogP contribution in [0.4, 0.5) is 0 Å². The van der Waals surface area contributed by atoms with E-state index in [0.717, 1.165) is 34.0 Å². The lowest BCUT2D eigenvalue weighted by Gasteiger charge is -2.31. The minimum absolute atomic E-state index is 0.172. The van der Waals surface area contributed by atoms with Gasteiger partial charge in [0.05, 0.1) is 0 Å². The highest BCUT2D eigenvalue weighted by Crippen LogP contribution is 2.22. The SMILES string of the molecule is CCCCNC(=O)C(Cc1ccccc1)N(Cc1ccc(Cl)cc1)C(=O)COc1ccc(Br)c(C)c1. The Morgan fingerprint density at radius 3 is 2.42 bits per heavy atom. The van der Waals surface area contributed by atoms with Gasteiger partial charge in [-0.1, -0.05) is 83.3 Å². The number of rotatable bonds is 12. The van der Waals surface area contributed by atoms with E-state index in [0.29, 0.717) is 23.7 Å². The van der Waals surface area contributed by atoms with Crippen LogP contribution >= 0.6 is 27.5 Å². The second-order valence-electron chi connectivity index (χ2n) is 8.70. The van der Waals surface area contributed by atoms with Gasteiger partial charge in [0.2, 0.25) is 5.91 Å². The van der Waals surface area contributed by atoms with Crippen molar-refractivity contribution in [1.29, 1.82) is 0 Å². The molecule has 0 aliphatic heterocycles. The molecule has 3 aromatic carbocycles. The molecule has 1 unspecified atom stereocenters. The Hall–Kier alpha value is -2.83. The molecular formula is C29H32BrClN2O3. The van der Waals surface area contributed by atoms with Gasteiger partial charge in [-0.05, 0) is 60.4 Å². The number of amides is 2. The number of benzene rings is 3. The summed E-state index contributed by atoms with van der Waals surface area (Å²) >= 11 is 9.56. The molecule has 36 heavy (non-hydrogen) atoms. The smallest absolute Gasteiger partial charge is 0.261 e. The topological polar surface area (TPSA) is 58.6 Å². The van der Waals surface area contributed by atoms with E-state index >= 15 is 0 Å². The van der Waals surface area contributed by atoms with Crippen LogP contribution in [0.1, 0.15) is 36.5 Å². The maximum atomic E-state index is 13.6. The van der Waals surface area contributed by atoms with Gasteiger partial charge in [-0.15, -0.1) is 0 Å². The number of nitrogens with one attached hydrogen (secondary N) is 1. The molecule has 5 nitrogen and oxygen atoms in total. The first-order valence-corrected chi connectivity index (χ1v) is 13.3. The Kier molecular flexibility index (Phi) is 10.8. The second kappa shape index (κ2) is 14.0. The zero-order valence-electron chi connectivity index (χ0n) is 20.7. The number of nitrogens with zero attached hydrogens (tertiary/aromatic N) is 1. The van der Waals surface area contributed by atoms with Crippen molar-refractivity contribution < 1.29 is 14.3 Å². The maximum absolute atomic E-state index is 13.6. The van der Waals surface area contributed by atoms with Crippen LogP contribution in [0.3, 0.4) is 0 Å². The maximum Gasteiger partial charge on any atom is 0.261 e. The van der Waals surface area contributed by atoms with Gasteiger partial charge in [-0.25, -0.2) is 0 Å². The van der Waals surface area contributed by atoms with Gasteiger partial charge >= 0.3 is 0 Å². The van der Waals surface area contributed by atoms with Crippen LogP contribution in [0, 0.1) is 6.92 Å². The molecule has 0 spiro atoms. The van der Waals surface area contributed by atoms with E-state index in [1.165, 1.54) is 0 Å². The molecule has 0 aliphatic rings. The monoisotopic (exact) mass is 570 g/mol.